The number of azo groups is 3. The first-order valence-corrected chi connectivity index (χ1v) is 28.0. The molecular weight excluding hydrogens is 1100 g/mol. The van der Waals surface area contributed by atoms with Crippen molar-refractivity contribution in [1.29, 1.82) is 0 Å². The summed E-state index contributed by atoms with van der Waals surface area (Å²) in [6.07, 6.45) is 0. The van der Waals surface area contributed by atoms with Gasteiger partial charge in [0.1, 0.15) is 54.3 Å². The number of ether oxygens (including phenoxy) is 1. The van der Waals surface area contributed by atoms with Crippen molar-refractivity contribution in [2.45, 2.75) is 31.4 Å². The van der Waals surface area contributed by atoms with Gasteiger partial charge in [0, 0.05) is 33.7 Å². The molecule has 32 heteroatoms. The Morgan fingerprint density at radius 2 is 1.07 bits per heavy atom. The van der Waals surface area contributed by atoms with Crippen LogP contribution in [0.15, 0.2) is 164 Å². The van der Waals surface area contributed by atoms with Gasteiger partial charge in [-0.3, -0.25) is 22.8 Å². The highest BCUT2D eigenvalue weighted by Gasteiger charge is 2.26. The smallest absolute Gasteiger partial charge is 0.296 e. The molecule has 0 bridgehead atoms. The third kappa shape index (κ3) is 10.4. The lowest BCUT2D eigenvalue weighted by atomic mass is 10.1. The van der Waals surface area contributed by atoms with Crippen molar-refractivity contribution in [1.82, 2.24) is 15.0 Å². The Kier molecular flexibility index (Phi) is 13.0. The molecule has 7 N–H and O–H groups in total. The third-order valence-corrected chi connectivity index (χ3v) is 15.6. The number of hydrogen-bond acceptors (Lipinski definition) is 21. The number of hydrogen-bond donors (Lipinski definition) is 7. The van der Waals surface area contributed by atoms with Crippen molar-refractivity contribution < 1.29 is 79.8 Å². The van der Waals surface area contributed by atoms with E-state index in [-0.39, 0.29) is 77.5 Å². The van der Waals surface area contributed by atoms with Crippen molar-refractivity contribution in [2.75, 3.05) is 7.11 Å². The van der Waals surface area contributed by atoms with Gasteiger partial charge in [0.15, 0.2) is 5.75 Å². The summed E-state index contributed by atoms with van der Waals surface area (Å²) in [4.78, 5) is -3.17. The molecule has 0 saturated heterocycles. The second-order valence-electron chi connectivity index (χ2n) is 16.2. The second kappa shape index (κ2) is 18.8. The van der Waals surface area contributed by atoms with E-state index in [1.165, 1.54) is 67.8 Å². The number of aromatic nitrogens is 3. The van der Waals surface area contributed by atoms with E-state index in [4.69, 9.17) is 4.74 Å². The molecule has 0 aliphatic carbocycles. The number of rotatable bonds is 13. The number of aryl methyl sites for hydroxylation is 1. The van der Waals surface area contributed by atoms with Gasteiger partial charge in [0.25, 0.3) is 50.6 Å². The molecule has 1 heterocycles. The summed E-state index contributed by atoms with van der Waals surface area (Å²) >= 11 is 0. The van der Waals surface area contributed by atoms with Crippen LogP contribution in [0.4, 0.5) is 34.1 Å². The molecule has 0 aliphatic rings. The minimum Gasteiger partial charge on any atom is -0.506 e. The molecule has 1 aromatic heterocycles. The summed E-state index contributed by atoms with van der Waals surface area (Å²) in [5.74, 6) is -1.38. The number of benzene rings is 8. The van der Waals surface area contributed by atoms with E-state index in [9.17, 15) is 75.1 Å². The van der Waals surface area contributed by atoms with Gasteiger partial charge in [0.2, 0.25) is 0 Å². The number of fused-ring (bicyclic) bond motifs is 5. The zero-order valence-corrected chi connectivity index (χ0v) is 42.2. The number of nitrogens with zero attached hydrogens (tertiary/aromatic N) is 9. The van der Waals surface area contributed by atoms with Crippen LogP contribution >= 0.6 is 0 Å². The van der Waals surface area contributed by atoms with Crippen LogP contribution in [0.2, 0.25) is 0 Å². The zero-order chi connectivity index (χ0) is 55.0. The minimum atomic E-state index is -5.17. The number of aromatic hydroxyl groups is 2. The maximum absolute atomic E-state index is 12.7. The lowest BCUT2D eigenvalue weighted by Gasteiger charge is -2.10. The molecule has 8 aromatic carbocycles. The highest BCUT2D eigenvalue weighted by molar-refractivity contribution is 7.87. The van der Waals surface area contributed by atoms with E-state index in [2.05, 4.69) is 40.9 Å². The summed E-state index contributed by atoms with van der Waals surface area (Å²) in [6, 6.07) is 21.4. The second-order valence-corrected chi connectivity index (χ2v) is 23.2. The van der Waals surface area contributed by atoms with Crippen LogP contribution < -0.4 is 4.74 Å². The van der Waals surface area contributed by atoms with Gasteiger partial charge in [-0.05, 0) is 108 Å². The molecule has 9 rings (SSSR count). The number of phenolic OH excluding ortho intramolecular Hbond substituents is 2. The van der Waals surface area contributed by atoms with Crippen molar-refractivity contribution in [3.05, 3.63) is 115 Å². The maximum Gasteiger partial charge on any atom is 0.296 e. The molecule has 0 spiro atoms. The van der Waals surface area contributed by atoms with E-state index in [1.807, 2.05) is 0 Å². The molecule has 0 aliphatic heterocycles. The molecular formula is C44H31N9O18S5. The van der Waals surface area contributed by atoms with E-state index in [1.54, 1.807) is 13.0 Å². The van der Waals surface area contributed by atoms with Crippen LogP contribution in [0, 0.1) is 6.92 Å². The summed E-state index contributed by atoms with van der Waals surface area (Å²) < 4.78 is 176. The standard InChI is InChI=1S/C44H31N9O18S5/c1-21-11-24(5-9-33(21)47-46-25-4-3-22-13-27(72(56,57)58)17-40(31(22)15-25)75(65,66)67)45-49-36-19-37(54)35(20-38(36)71-2)48-50-43-41(76(68,69)70)14-23-12-26(6-7-29(23)44(43)55)53-51-34-10-8-30-32(42(34)52-53)16-28(73(59,60)61)18-39(30)74(62,63)64/h3-20,54-55H,1-2H3,(H,56,57,58)(H,59,60,61)(H,62,63,64)(H,65,66,67)(H,68,69,70). The number of phenols is 2. The Hall–Kier alpha value is -8.31. The fourth-order valence-electron chi connectivity index (χ4n) is 7.71. The van der Waals surface area contributed by atoms with Crippen LogP contribution in [-0.4, -0.2) is 97.2 Å². The average Bonchev–Trinajstić information content (AvgIpc) is 3.82. The highest BCUT2D eigenvalue weighted by Crippen LogP contribution is 2.45. The molecule has 0 saturated carbocycles. The fourth-order valence-corrected chi connectivity index (χ4v) is 11.1. The van der Waals surface area contributed by atoms with Crippen LogP contribution in [-0.2, 0) is 50.6 Å². The van der Waals surface area contributed by atoms with Gasteiger partial charge in [-0.1, -0.05) is 12.1 Å². The van der Waals surface area contributed by atoms with Crippen molar-refractivity contribution in [2.24, 2.45) is 30.7 Å². The van der Waals surface area contributed by atoms with Crippen LogP contribution in [0.5, 0.6) is 17.2 Å². The Morgan fingerprint density at radius 3 is 1.70 bits per heavy atom. The topological polar surface area (TPSA) is 426 Å². The average molecular weight is 1130 g/mol. The Balaban J connectivity index is 0.981. The first-order valence-electron chi connectivity index (χ1n) is 20.8. The van der Waals surface area contributed by atoms with Gasteiger partial charge in [-0.15, -0.1) is 25.5 Å². The molecule has 0 radical (unpaired) electrons. The van der Waals surface area contributed by atoms with E-state index < -0.39 is 92.3 Å². The lowest BCUT2D eigenvalue weighted by Crippen LogP contribution is -2.04. The van der Waals surface area contributed by atoms with Crippen LogP contribution in [0.1, 0.15) is 5.56 Å². The normalized spacial score (nSPS) is 13.1. The van der Waals surface area contributed by atoms with E-state index >= 15 is 0 Å². The quantitative estimate of drug-likeness (QED) is 0.0418. The largest absolute Gasteiger partial charge is 0.506 e. The minimum absolute atomic E-state index is 0.0183. The summed E-state index contributed by atoms with van der Waals surface area (Å²) in [7, 11) is -23.7. The highest BCUT2D eigenvalue weighted by atomic mass is 32.2. The molecule has 0 amide bonds. The van der Waals surface area contributed by atoms with Crippen molar-refractivity contribution in [3.8, 4) is 22.9 Å². The molecule has 27 nitrogen and oxygen atoms in total. The van der Waals surface area contributed by atoms with Gasteiger partial charge in [-0.2, -0.15) is 62.2 Å². The summed E-state index contributed by atoms with van der Waals surface area (Å²) in [5.41, 5.74) is 0.269. The maximum atomic E-state index is 12.7. The fraction of sp³-hybridized carbons (Fsp3) is 0.0455. The van der Waals surface area contributed by atoms with Crippen LogP contribution in [0.3, 0.4) is 0 Å². The monoisotopic (exact) mass is 1130 g/mol. The Bertz CT molecular complexity index is 4700. The van der Waals surface area contributed by atoms with E-state index in [0.717, 1.165) is 35.1 Å². The van der Waals surface area contributed by atoms with Gasteiger partial charge in [0.05, 0.1) is 39.7 Å². The van der Waals surface area contributed by atoms with E-state index in [0.29, 0.717) is 23.4 Å². The zero-order valence-electron chi connectivity index (χ0n) is 38.1. The first-order chi connectivity index (χ1) is 35.5. The molecule has 0 atom stereocenters. The molecule has 76 heavy (non-hydrogen) atoms. The number of methoxy groups -OCH3 is 1. The van der Waals surface area contributed by atoms with Gasteiger partial charge < -0.3 is 14.9 Å². The summed E-state index contributed by atoms with van der Waals surface area (Å²) in [5, 5.41) is 55.0. The summed E-state index contributed by atoms with van der Waals surface area (Å²) in [6.45, 7) is 1.66. The Morgan fingerprint density at radius 1 is 0.474 bits per heavy atom. The van der Waals surface area contributed by atoms with Crippen molar-refractivity contribution >= 4 is 128 Å². The Labute approximate surface area is 427 Å². The predicted octanol–water partition coefficient (Wildman–Crippen LogP) is 9.09. The first kappa shape index (κ1) is 52.5. The predicted molar refractivity (Wildman–Crippen MR) is 267 cm³/mol. The SMILES string of the molecule is COc1cc(N=Nc2c(S(=O)(=O)O)cc3cc(-n4nc5ccc6c(S(=O)(=O)O)cc(S(=O)(=O)O)cc6c5n4)ccc3c2O)c(O)cc1N=Nc1ccc(N=Nc2ccc3cc(S(=O)(=O)O)cc(S(=O)(=O)O)c3c2)c(C)c1. The molecule has 0 unspecified atom stereocenters. The molecule has 390 valence electrons. The lowest BCUT2D eigenvalue weighted by molar-refractivity contribution is 0.413. The van der Waals surface area contributed by atoms with Crippen molar-refractivity contribution in [3.63, 3.8) is 0 Å². The third-order valence-electron chi connectivity index (χ3n) is 11.2. The molecule has 0 fully saturated rings. The van der Waals surface area contributed by atoms with Gasteiger partial charge >= 0.3 is 0 Å². The van der Waals surface area contributed by atoms with Gasteiger partial charge in [-0.25, -0.2) is 0 Å². The molecule has 9 aromatic rings. The van der Waals surface area contributed by atoms with Crippen LogP contribution in [0.25, 0.3) is 49.0 Å².